The van der Waals surface area contributed by atoms with Gasteiger partial charge in [0.25, 0.3) is 0 Å². The second-order valence-electron chi connectivity index (χ2n) is 10.1. The Kier molecular flexibility index (Phi) is 9.75. The lowest BCUT2D eigenvalue weighted by Crippen LogP contribution is -2.41. The zero-order valence-electron chi connectivity index (χ0n) is 20.7. The van der Waals surface area contributed by atoms with E-state index in [9.17, 15) is 0 Å². The number of benzene rings is 1. The molecule has 0 radical (unpaired) electrons. The van der Waals surface area contributed by atoms with Crippen molar-refractivity contribution in [3.05, 3.63) is 23.3 Å². The molecule has 1 aromatic rings. The average Bonchev–Trinajstić information content (AvgIpc) is 2.89. The summed E-state index contributed by atoms with van der Waals surface area (Å²) in [4.78, 5) is 0. The molecule has 1 fully saturated rings. The molecule has 0 saturated carbocycles. The molecule has 1 saturated heterocycles. The molecule has 1 aromatic carbocycles. The molecule has 0 spiro atoms. The molecule has 0 aromatic heterocycles. The van der Waals surface area contributed by atoms with Gasteiger partial charge in [-0.05, 0) is 64.6 Å². The number of aryl methyl sites for hydroxylation is 2. The number of hydrogen-bond acceptors (Lipinski definition) is 3. The maximum absolute atomic E-state index is 6.21. The third-order valence-electron chi connectivity index (χ3n) is 6.75. The van der Waals surface area contributed by atoms with E-state index >= 15 is 0 Å². The third kappa shape index (κ3) is 7.02. The summed E-state index contributed by atoms with van der Waals surface area (Å²) in [5, 5.41) is 0. The maximum Gasteiger partial charge on any atom is 0.494 e. The molecule has 0 unspecified atom stereocenters. The fraction of sp³-hybridized carbons (Fsp3) is 0.769. The number of ether oxygens (including phenoxy) is 1. The summed E-state index contributed by atoms with van der Waals surface area (Å²) in [5.41, 5.74) is 2.77. The molecule has 170 valence electrons. The SMILES string of the molecule is CCCCCCCCCCCCOc1c(C)cc(B2OC(C)(C)C(C)(C)O2)cc1C. The van der Waals surface area contributed by atoms with E-state index in [1.54, 1.807) is 0 Å². The van der Waals surface area contributed by atoms with E-state index in [2.05, 4.69) is 60.6 Å². The molecular weight excluding hydrogens is 371 g/mol. The van der Waals surface area contributed by atoms with E-state index < -0.39 is 0 Å². The highest BCUT2D eigenvalue weighted by atomic mass is 16.7. The molecule has 0 amide bonds. The van der Waals surface area contributed by atoms with Crippen molar-refractivity contribution in [2.24, 2.45) is 0 Å². The first-order valence-electron chi connectivity index (χ1n) is 12.3. The van der Waals surface area contributed by atoms with Crippen molar-refractivity contribution in [2.45, 2.75) is 124 Å². The van der Waals surface area contributed by atoms with Crippen LogP contribution in [0.4, 0.5) is 0 Å². The smallest absolute Gasteiger partial charge is 0.493 e. The van der Waals surface area contributed by atoms with Crippen LogP contribution >= 0.6 is 0 Å². The zero-order valence-corrected chi connectivity index (χ0v) is 20.7. The van der Waals surface area contributed by atoms with E-state index in [0.29, 0.717) is 0 Å². The first kappa shape index (κ1) is 25.3. The van der Waals surface area contributed by atoms with Crippen molar-refractivity contribution in [1.82, 2.24) is 0 Å². The van der Waals surface area contributed by atoms with Gasteiger partial charge >= 0.3 is 7.12 Å². The van der Waals surface area contributed by atoms with Crippen LogP contribution in [0.1, 0.15) is 110 Å². The Hall–Kier alpha value is -0.995. The fourth-order valence-electron chi connectivity index (χ4n) is 4.09. The highest BCUT2D eigenvalue weighted by molar-refractivity contribution is 6.62. The average molecular weight is 416 g/mol. The lowest BCUT2D eigenvalue weighted by molar-refractivity contribution is 0.00578. The van der Waals surface area contributed by atoms with Gasteiger partial charge < -0.3 is 14.0 Å². The van der Waals surface area contributed by atoms with Crippen molar-refractivity contribution in [2.75, 3.05) is 6.61 Å². The Morgan fingerprint density at radius 3 is 1.63 bits per heavy atom. The summed E-state index contributed by atoms with van der Waals surface area (Å²) in [6.07, 6.45) is 13.4. The second kappa shape index (κ2) is 11.6. The van der Waals surface area contributed by atoms with E-state index in [1.807, 2.05) is 0 Å². The van der Waals surface area contributed by atoms with Crippen LogP contribution in [0.5, 0.6) is 5.75 Å². The molecule has 1 aliphatic heterocycles. The van der Waals surface area contributed by atoms with Gasteiger partial charge in [0.1, 0.15) is 5.75 Å². The normalized spacial score (nSPS) is 17.5. The molecule has 1 aliphatic rings. The van der Waals surface area contributed by atoms with Gasteiger partial charge in [0.15, 0.2) is 0 Å². The maximum atomic E-state index is 6.21. The molecule has 0 aliphatic carbocycles. The summed E-state index contributed by atoms with van der Waals surface area (Å²) in [5.74, 6) is 1.02. The van der Waals surface area contributed by atoms with Gasteiger partial charge in [-0.1, -0.05) is 76.8 Å². The van der Waals surface area contributed by atoms with Crippen LogP contribution in [-0.4, -0.2) is 24.9 Å². The molecule has 30 heavy (non-hydrogen) atoms. The van der Waals surface area contributed by atoms with Crippen LogP contribution in [0.3, 0.4) is 0 Å². The Bertz CT molecular complexity index is 615. The molecule has 0 atom stereocenters. The van der Waals surface area contributed by atoms with Crippen molar-refractivity contribution in [3.63, 3.8) is 0 Å². The second-order valence-corrected chi connectivity index (χ2v) is 10.1. The van der Waals surface area contributed by atoms with Crippen LogP contribution in [0.15, 0.2) is 12.1 Å². The fourth-order valence-corrected chi connectivity index (χ4v) is 4.09. The largest absolute Gasteiger partial charge is 0.494 e. The highest BCUT2D eigenvalue weighted by Gasteiger charge is 2.51. The minimum Gasteiger partial charge on any atom is -0.493 e. The van der Waals surface area contributed by atoms with Crippen molar-refractivity contribution in [3.8, 4) is 5.75 Å². The standard InChI is InChI=1S/C26H45BO3/c1-8-9-10-11-12-13-14-15-16-17-18-28-24-21(2)19-23(20-22(24)3)27-29-25(4,5)26(6,7)30-27/h19-20H,8-18H2,1-7H3. The van der Waals surface area contributed by atoms with E-state index in [1.165, 1.54) is 57.8 Å². The van der Waals surface area contributed by atoms with Crippen LogP contribution in [0, 0.1) is 13.8 Å². The van der Waals surface area contributed by atoms with Crippen LogP contribution < -0.4 is 10.2 Å². The topological polar surface area (TPSA) is 27.7 Å². The van der Waals surface area contributed by atoms with E-state index in [-0.39, 0.29) is 18.3 Å². The molecule has 3 nitrogen and oxygen atoms in total. The lowest BCUT2D eigenvalue weighted by atomic mass is 9.77. The predicted octanol–water partition coefficient (Wildman–Crippen LogP) is 6.90. The predicted molar refractivity (Wildman–Crippen MR) is 129 cm³/mol. The minimum absolute atomic E-state index is 0.315. The van der Waals surface area contributed by atoms with Gasteiger partial charge in [-0.15, -0.1) is 0 Å². The first-order chi connectivity index (χ1) is 14.2. The Balaban J connectivity index is 1.72. The van der Waals surface area contributed by atoms with Crippen LogP contribution in [0.2, 0.25) is 0 Å². The minimum atomic E-state index is -0.316. The van der Waals surface area contributed by atoms with Crippen molar-refractivity contribution in [1.29, 1.82) is 0 Å². The van der Waals surface area contributed by atoms with E-state index in [0.717, 1.165) is 35.4 Å². The van der Waals surface area contributed by atoms with Gasteiger partial charge in [-0.2, -0.15) is 0 Å². The van der Waals surface area contributed by atoms with Gasteiger partial charge in [0, 0.05) is 0 Å². The Morgan fingerprint density at radius 2 is 1.17 bits per heavy atom. The van der Waals surface area contributed by atoms with Crippen LogP contribution in [-0.2, 0) is 9.31 Å². The molecule has 2 rings (SSSR count). The summed E-state index contributed by atoms with van der Waals surface area (Å²) in [7, 11) is -0.316. The quantitative estimate of drug-likeness (QED) is 0.258. The number of rotatable bonds is 13. The number of hydrogen-bond donors (Lipinski definition) is 0. The molecule has 4 heteroatoms. The summed E-state index contributed by atoms with van der Waals surface area (Å²) < 4.78 is 18.6. The van der Waals surface area contributed by atoms with Gasteiger partial charge in [-0.3, -0.25) is 0 Å². The van der Waals surface area contributed by atoms with Crippen molar-refractivity contribution >= 4 is 12.6 Å². The van der Waals surface area contributed by atoms with Crippen molar-refractivity contribution < 1.29 is 14.0 Å². The first-order valence-corrected chi connectivity index (χ1v) is 12.3. The lowest BCUT2D eigenvalue weighted by Gasteiger charge is -2.32. The molecule has 0 bridgehead atoms. The van der Waals surface area contributed by atoms with Gasteiger partial charge in [-0.25, -0.2) is 0 Å². The monoisotopic (exact) mass is 416 g/mol. The molecular formula is C26H45BO3. The summed E-state index contributed by atoms with van der Waals surface area (Å²) >= 11 is 0. The number of unbranched alkanes of at least 4 members (excludes halogenated alkanes) is 9. The van der Waals surface area contributed by atoms with Gasteiger partial charge in [0.05, 0.1) is 17.8 Å². The molecule has 0 N–H and O–H groups in total. The van der Waals surface area contributed by atoms with Crippen LogP contribution in [0.25, 0.3) is 0 Å². The summed E-state index contributed by atoms with van der Waals surface area (Å²) in [6.45, 7) is 15.7. The van der Waals surface area contributed by atoms with E-state index in [4.69, 9.17) is 14.0 Å². The summed E-state index contributed by atoms with van der Waals surface area (Å²) in [6, 6.07) is 4.31. The Morgan fingerprint density at radius 1 is 0.733 bits per heavy atom. The Labute approximate surface area is 186 Å². The third-order valence-corrected chi connectivity index (χ3v) is 6.75. The molecule has 1 heterocycles. The zero-order chi connectivity index (χ0) is 22.2. The highest BCUT2D eigenvalue weighted by Crippen LogP contribution is 2.37. The van der Waals surface area contributed by atoms with Gasteiger partial charge in [0.2, 0.25) is 0 Å².